The Labute approximate surface area is 282 Å². The van der Waals surface area contributed by atoms with Crippen molar-refractivity contribution < 1.29 is 19.1 Å². The fourth-order valence-corrected chi connectivity index (χ4v) is 5.60. The smallest absolute Gasteiger partial charge is 0.323 e. The molecule has 2 amide bonds. The third kappa shape index (κ3) is 9.27. The zero-order valence-corrected chi connectivity index (χ0v) is 27.0. The molecule has 5 aromatic rings. The van der Waals surface area contributed by atoms with Gasteiger partial charge in [-0.2, -0.15) is 0 Å². The van der Waals surface area contributed by atoms with Crippen LogP contribution < -0.4 is 16.4 Å². The Kier molecular flexibility index (Phi) is 11.9. The van der Waals surface area contributed by atoms with Gasteiger partial charge in [0.25, 0.3) is 0 Å². The summed E-state index contributed by atoms with van der Waals surface area (Å²) in [7, 11) is 0. The van der Waals surface area contributed by atoms with Crippen molar-refractivity contribution in [3.8, 4) is 11.1 Å². The summed E-state index contributed by atoms with van der Waals surface area (Å²) in [6.07, 6.45) is 0.266. The van der Waals surface area contributed by atoms with E-state index in [9.17, 15) is 14.4 Å². The summed E-state index contributed by atoms with van der Waals surface area (Å²) in [6, 6.07) is 44.1. The van der Waals surface area contributed by atoms with E-state index < -0.39 is 24.0 Å². The van der Waals surface area contributed by atoms with Crippen LogP contribution >= 0.6 is 0 Å². The van der Waals surface area contributed by atoms with Crippen LogP contribution in [0.15, 0.2) is 146 Å². The van der Waals surface area contributed by atoms with Gasteiger partial charge in [0.2, 0.25) is 11.8 Å². The second-order valence-electron chi connectivity index (χ2n) is 11.8. The van der Waals surface area contributed by atoms with E-state index in [4.69, 9.17) is 10.5 Å². The van der Waals surface area contributed by atoms with Gasteiger partial charge in [0, 0.05) is 0 Å². The van der Waals surface area contributed by atoms with Crippen molar-refractivity contribution in [3.05, 3.63) is 168 Å². The minimum Gasteiger partial charge on any atom is -0.460 e. The van der Waals surface area contributed by atoms with E-state index in [2.05, 4.69) is 10.6 Å². The molecule has 4 N–H and O–H groups in total. The predicted octanol–water partition coefficient (Wildman–Crippen LogP) is 6.70. The Morgan fingerprint density at radius 2 is 1.08 bits per heavy atom. The fourth-order valence-electron chi connectivity index (χ4n) is 5.60. The van der Waals surface area contributed by atoms with Gasteiger partial charge in [-0.25, -0.2) is 0 Å². The lowest BCUT2D eigenvalue weighted by Gasteiger charge is -2.25. The Morgan fingerprint density at radius 3 is 1.65 bits per heavy atom. The highest BCUT2D eigenvalue weighted by Gasteiger charge is 2.30. The van der Waals surface area contributed by atoms with Crippen molar-refractivity contribution in [2.24, 2.45) is 5.73 Å². The summed E-state index contributed by atoms with van der Waals surface area (Å²) in [6.45, 7) is 2.00. The average molecular weight is 640 g/mol. The zero-order valence-electron chi connectivity index (χ0n) is 27.0. The van der Waals surface area contributed by atoms with Gasteiger partial charge < -0.3 is 21.1 Å². The third-order valence-electron chi connectivity index (χ3n) is 8.33. The highest BCUT2D eigenvalue weighted by molar-refractivity contribution is 5.92. The quantitative estimate of drug-likeness (QED) is 0.117. The van der Waals surface area contributed by atoms with Gasteiger partial charge in [-0.05, 0) is 53.1 Å². The molecule has 7 heteroatoms. The SMILES string of the molecule is CC(NC(=O)[C@@H](CC[C@H](N)C(=O)OCc1ccccc1)NC(=O)C(c1ccccc1)c1ccccc1)c1ccc(-c2ccccc2)cc1. The van der Waals surface area contributed by atoms with Crippen LogP contribution in [0.4, 0.5) is 0 Å². The van der Waals surface area contributed by atoms with Crippen molar-refractivity contribution in [3.63, 3.8) is 0 Å². The molecule has 0 heterocycles. The van der Waals surface area contributed by atoms with Crippen LogP contribution in [0, 0.1) is 0 Å². The van der Waals surface area contributed by atoms with Crippen LogP contribution in [0.2, 0.25) is 0 Å². The second-order valence-corrected chi connectivity index (χ2v) is 11.8. The molecule has 244 valence electrons. The zero-order chi connectivity index (χ0) is 33.7. The maximum absolute atomic E-state index is 14.0. The van der Waals surface area contributed by atoms with Gasteiger partial charge in [-0.1, -0.05) is 146 Å². The van der Waals surface area contributed by atoms with Crippen molar-refractivity contribution in [1.82, 2.24) is 10.6 Å². The van der Waals surface area contributed by atoms with E-state index in [0.717, 1.165) is 33.4 Å². The molecule has 0 saturated heterocycles. The highest BCUT2D eigenvalue weighted by atomic mass is 16.5. The molecule has 0 aliphatic heterocycles. The molecule has 1 unspecified atom stereocenters. The van der Waals surface area contributed by atoms with Crippen LogP contribution in [0.3, 0.4) is 0 Å². The first-order valence-corrected chi connectivity index (χ1v) is 16.2. The predicted molar refractivity (Wildman–Crippen MR) is 189 cm³/mol. The maximum atomic E-state index is 14.0. The van der Waals surface area contributed by atoms with E-state index in [1.165, 1.54) is 0 Å². The topological polar surface area (TPSA) is 111 Å². The average Bonchev–Trinajstić information content (AvgIpc) is 3.14. The summed E-state index contributed by atoms with van der Waals surface area (Å²) in [4.78, 5) is 40.6. The summed E-state index contributed by atoms with van der Waals surface area (Å²) >= 11 is 0. The Bertz CT molecular complexity index is 1710. The largest absolute Gasteiger partial charge is 0.460 e. The Hall–Kier alpha value is -5.53. The molecule has 0 radical (unpaired) electrons. The fraction of sp³-hybridized carbons (Fsp3) is 0.195. The lowest BCUT2D eigenvalue weighted by molar-refractivity contribution is -0.146. The van der Waals surface area contributed by atoms with Crippen LogP contribution in [0.1, 0.15) is 54.0 Å². The van der Waals surface area contributed by atoms with Crippen molar-refractivity contribution >= 4 is 17.8 Å². The molecule has 0 saturated carbocycles. The molecule has 48 heavy (non-hydrogen) atoms. The normalized spacial score (nSPS) is 12.8. The number of hydrogen-bond acceptors (Lipinski definition) is 5. The summed E-state index contributed by atoms with van der Waals surface area (Å²) < 4.78 is 5.43. The first-order valence-electron chi connectivity index (χ1n) is 16.2. The number of nitrogens with two attached hydrogens (primary N) is 1. The summed E-state index contributed by atoms with van der Waals surface area (Å²) in [5, 5.41) is 6.06. The Morgan fingerprint density at radius 1 is 0.583 bits per heavy atom. The first-order chi connectivity index (χ1) is 23.4. The molecule has 0 fully saturated rings. The van der Waals surface area contributed by atoms with Gasteiger partial charge in [0.1, 0.15) is 18.7 Å². The van der Waals surface area contributed by atoms with Crippen LogP contribution in [-0.2, 0) is 25.7 Å². The van der Waals surface area contributed by atoms with Crippen LogP contribution in [-0.4, -0.2) is 29.9 Å². The van der Waals surface area contributed by atoms with Crippen molar-refractivity contribution in [2.45, 2.75) is 50.4 Å². The molecular weight excluding hydrogens is 598 g/mol. The first kappa shape index (κ1) is 33.8. The lowest BCUT2D eigenvalue weighted by Crippen LogP contribution is -2.49. The van der Waals surface area contributed by atoms with E-state index in [1.54, 1.807) is 0 Å². The van der Waals surface area contributed by atoms with E-state index in [1.807, 2.05) is 153 Å². The molecule has 0 spiro atoms. The summed E-state index contributed by atoms with van der Waals surface area (Å²) in [5.74, 6) is -1.90. The highest BCUT2D eigenvalue weighted by Crippen LogP contribution is 2.26. The van der Waals surface area contributed by atoms with Crippen molar-refractivity contribution in [1.29, 1.82) is 0 Å². The number of carbonyl (C=O) groups is 3. The number of benzene rings is 5. The number of esters is 1. The summed E-state index contributed by atoms with van der Waals surface area (Å²) in [5.41, 5.74) is 11.8. The number of amides is 2. The third-order valence-corrected chi connectivity index (χ3v) is 8.33. The van der Waals surface area contributed by atoms with Crippen LogP contribution in [0.25, 0.3) is 11.1 Å². The monoisotopic (exact) mass is 639 g/mol. The maximum Gasteiger partial charge on any atom is 0.323 e. The Balaban J connectivity index is 1.31. The molecule has 0 bridgehead atoms. The second kappa shape index (κ2) is 16.9. The standard InChI is InChI=1S/C41H41N3O4/c1-29(31-22-24-33(25-23-31)32-16-8-3-9-17-32)43-39(45)37(27-26-36(42)41(47)48-28-30-14-6-2-7-15-30)44-40(46)38(34-18-10-4-11-19-34)35-20-12-5-13-21-35/h2-25,29,36-38H,26-28,42H2,1H3,(H,43,45)(H,44,46)/t29?,36-,37+/m0/s1. The van der Waals surface area contributed by atoms with Gasteiger partial charge in [0.05, 0.1) is 12.0 Å². The number of hydrogen-bond donors (Lipinski definition) is 3. The van der Waals surface area contributed by atoms with E-state index in [0.29, 0.717) is 0 Å². The van der Waals surface area contributed by atoms with Crippen LogP contribution in [0.5, 0.6) is 0 Å². The van der Waals surface area contributed by atoms with Gasteiger partial charge in [-0.3, -0.25) is 14.4 Å². The molecule has 3 atom stereocenters. The van der Waals surface area contributed by atoms with Gasteiger partial charge in [-0.15, -0.1) is 0 Å². The minimum atomic E-state index is -0.970. The number of ether oxygens (including phenoxy) is 1. The molecular formula is C41H41N3O4. The van der Waals surface area contributed by atoms with E-state index >= 15 is 0 Å². The molecule has 5 rings (SSSR count). The molecule has 0 aliphatic carbocycles. The minimum absolute atomic E-state index is 0.102. The van der Waals surface area contributed by atoms with E-state index in [-0.39, 0.29) is 37.3 Å². The molecule has 0 aliphatic rings. The molecule has 0 aromatic heterocycles. The van der Waals surface area contributed by atoms with Gasteiger partial charge >= 0.3 is 5.97 Å². The van der Waals surface area contributed by atoms with Crippen molar-refractivity contribution in [2.75, 3.05) is 0 Å². The molecule has 7 nitrogen and oxygen atoms in total. The lowest BCUT2D eigenvalue weighted by atomic mass is 9.90. The number of carbonyl (C=O) groups excluding carboxylic acids is 3. The van der Waals surface area contributed by atoms with Gasteiger partial charge in [0.15, 0.2) is 0 Å². The molecule has 5 aromatic carbocycles. The number of nitrogens with one attached hydrogen (secondary N) is 2. The number of rotatable bonds is 14.